The molecule has 122 valence electrons. The highest BCUT2D eigenvalue weighted by atomic mass is 35.5. The van der Waals surface area contributed by atoms with E-state index in [0.29, 0.717) is 22.0 Å². The van der Waals surface area contributed by atoms with Crippen molar-refractivity contribution in [3.05, 3.63) is 70.1 Å². The predicted octanol–water partition coefficient (Wildman–Crippen LogP) is 4.36. The summed E-state index contributed by atoms with van der Waals surface area (Å²) >= 11 is 6.10. The minimum absolute atomic E-state index is 0.0936. The molecule has 3 rings (SSSR count). The highest BCUT2D eigenvalue weighted by Crippen LogP contribution is 2.25. The van der Waals surface area contributed by atoms with Crippen LogP contribution in [0.15, 0.2) is 47.0 Å². The van der Waals surface area contributed by atoms with Gasteiger partial charge in [-0.1, -0.05) is 46.6 Å². The molecule has 0 amide bonds. The van der Waals surface area contributed by atoms with Crippen LogP contribution in [0.1, 0.15) is 27.4 Å². The van der Waals surface area contributed by atoms with Gasteiger partial charge >= 0.3 is 5.97 Å². The Morgan fingerprint density at radius 3 is 2.75 bits per heavy atom. The number of rotatable bonds is 4. The second-order valence-corrected chi connectivity index (χ2v) is 5.79. The fourth-order valence-electron chi connectivity index (χ4n) is 2.31. The zero-order chi connectivity index (χ0) is 17.1. The fourth-order valence-corrected chi connectivity index (χ4v) is 2.53. The van der Waals surface area contributed by atoms with Crippen LogP contribution >= 0.6 is 11.6 Å². The maximum atomic E-state index is 12.1. The molecule has 0 saturated heterocycles. The van der Waals surface area contributed by atoms with Crippen LogP contribution in [0.4, 0.5) is 0 Å². The lowest BCUT2D eigenvalue weighted by Gasteiger charge is -2.05. The van der Waals surface area contributed by atoms with E-state index in [1.54, 1.807) is 18.2 Å². The van der Waals surface area contributed by atoms with Crippen LogP contribution in [-0.2, 0) is 11.3 Å². The van der Waals surface area contributed by atoms with Gasteiger partial charge in [0.2, 0.25) is 5.82 Å². The van der Waals surface area contributed by atoms with Crippen molar-refractivity contribution in [1.82, 2.24) is 10.1 Å². The molecule has 0 spiro atoms. The van der Waals surface area contributed by atoms with Gasteiger partial charge in [-0.15, -0.1) is 0 Å². The molecular weight excluding hydrogens is 328 g/mol. The first-order chi connectivity index (χ1) is 11.5. The highest BCUT2D eigenvalue weighted by molar-refractivity contribution is 6.33. The summed E-state index contributed by atoms with van der Waals surface area (Å²) in [5, 5.41) is 4.39. The van der Waals surface area contributed by atoms with Gasteiger partial charge in [0.15, 0.2) is 6.61 Å². The number of benzene rings is 2. The lowest BCUT2D eigenvalue weighted by Crippen LogP contribution is -2.07. The van der Waals surface area contributed by atoms with Gasteiger partial charge in [-0.05, 0) is 37.6 Å². The molecule has 0 saturated carbocycles. The van der Waals surface area contributed by atoms with E-state index in [1.165, 1.54) is 0 Å². The molecule has 0 bridgehead atoms. The Labute approximate surface area is 144 Å². The molecule has 0 unspecified atom stereocenters. The third kappa shape index (κ3) is 3.46. The number of aromatic nitrogens is 2. The van der Waals surface area contributed by atoms with Crippen LogP contribution in [0.3, 0.4) is 0 Å². The van der Waals surface area contributed by atoms with Crippen molar-refractivity contribution in [2.75, 3.05) is 0 Å². The summed E-state index contributed by atoms with van der Waals surface area (Å²) in [6.45, 7) is 3.74. The van der Waals surface area contributed by atoms with Crippen molar-refractivity contribution in [3.63, 3.8) is 0 Å². The summed E-state index contributed by atoms with van der Waals surface area (Å²) in [6, 6.07) is 12.7. The number of ether oxygens (including phenoxy) is 1. The molecule has 0 aliphatic carbocycles. The SMILES string of the molecule is Cc1ccc(C(=O)OCc2nc(-c3ccccc3Cl)no2)c(C)c1. The van der Waals surface area contributed by atoms with Gasteiger partial charge in [0.25, 0.3) is 5.89 Å². The highest BCUT2D eigenvalue weighted by Gasteiger charge is 2.15. The zero-order valence-corrected chi connectivity index (χ0v) is 14.0. The lowest BCUT2D eigenvalue weighted by atomic mass is 10.1. The topological polar surface area (TPSA) is 65.2 Å². The molecule has 2 aromatic carbocycles. The van der Waals surface area contributed by atoms with Gasteiger partial charge in [0.1, 0.15) is 0 Å². The van der Waals surface area contributed by atoms with Crippen molar-refractivity contribution in [2.24, 2.45) is 0 Å². The summed E-state index contributed by atoms with van der Waals surface area (Å²) in [6.07, 6.45) is 0. The van der Waals surface area contributed by atoms with Gasteiger partial charge in [0, 0.05) is 5.56 Å². The van der Waals surface area contributed by atoms with E-state index in [2.05, 4.69) is 10.1 Å². The van der Waals surface area contributed by atoms with Crippen LogP contribution in [0.5, 0.6) is 0 Å². The van der Waals surface area contributed by atoms with Crippen molar-refractivity contribution in [1.29, 1.82) is 0 Å². The maximum absolute atomic E-state index is 12.1. The van der Waals surface area contributed by atoms with Crippen molar-refractivity contribution >= 4 is 17.6 Å². The Kier molecular flexibility index (Phi) is 4.62. The van der Waals surface area contributed by atoms with Crippen LogP contribution < -0.4 is 0 Å². The van der Waals surface area contributed by atoms with Crippen molar-refractivity contribution < 1.29 is 14.1 Å². The molecule has 0 atom stereocenters. The Hall–Kier alpha value is -2.66. The first kappa shape index (κ1) is 16.2. The number of esters is 1. The average molecular weight is 343 g/mol. The van der Waals surface area contributed by atoms with E-state index < -0.39 is 5.97 Å². The average Bonchev–Trinajstić information content (AvgIpc) is 3.02. The minimum Gasteiger partial charge on any atom is -0.452 e. The molecule has 0 aliphatic heterocycles. The van der Waals surface area contributed by atoms with E-state index in [4.69, 9.17) is 20.9 Å². The minimum atomic E-state index is -0.426. The standard InChI is InChI=1S/C18H15ClN2O3/c1-11-7-8-13(12(2)9-11)18(22)23-10-16-20-17(21-24-16)14-5-3-4-6-15(14)19/h3-9H,10H2,1-2H3. The van der Waals surface area contributed by atoms with Crippen LogP contribution in [0.2, 0.25) is 5.02 Å². The number of hydrogen-bond donors (Lipinski definition) is 0. The summed E-state index contributed by atoms with van der Waals surface area (Å²) in [4.78, 5) is 16.4. The number of nitrogens with zero attached hydrogens (tertiary/aromatic N) is 2. The zero-order valence-electron chi connectivity index (χ0n) is 13.2. The molecule has 6 heteroatoms. The summed E-state index contributed by atoms with van der Waals surface area (Å²) in [7, 11) is 0. The number of carbonyl (C=O) groups excluding carboxylic acids is 1. The second-order valence-electron chi connectivity index (χ2n) is 5.39. The molecule has 5 nitrogen and oxygen atoms in total. The van der Waals surface area contributed by atoms with Crippen LogP contribution in [0.25, 0.3) is 11.4 Å². The van der Waals surface area contributed by atoms with E-state index >= 15 is 0 Å². The third-order valence-corrected chi connectivity index (χ3v) is 3.84. The molecule has 0 fully saturated rings. The largest absolute Gasteiger partial charge is 0.452 e. The van der Waals surface area contributed by atoms with Crippen molar-refractivity contribution in [2.45, 2.75) is 20.5 Å². The Bertz CT molecular complexity index is 889. The summed E-state index contributed by atoms with van der Waals surface area (Å²) in [5.74, 6) is 0.145. The normalized spacial score (nSPS) is 10.6. The smallest absolute Gasteiger partial charge is 0.338 e. The Balaban J connectivity index is 1.69. The van der Waals surface area contributed by atoms with E-state index in [1.807, 2.05) is 38.1 Å². The van der Waals surface area contributed by atoms with Crippen LogP contribution in [-0.4, -0.2) is 16.1 Å². The molecule has 1 heterocycles. The number of aryl methyl sites for hydroxylation is 2. The second kappa shape index (κ2) is 6.84. The van der Waals surface area contributed by atoms with E-state index in [0.717, 1.165) is 11.1 Å². The fraction of sp³-hybridized carbons (Fsp3) is 0.167. The Morgan fingerprint density at radius 1 is 1.21 bits per heavy atom. The lowest BCUT2D eigenvalue weighted by molar-refractivity contribution is 0.0429. The van der Waals surface area contributed by atoms with E-state index in [9.17, 15) is 4.79 Å². The van der Waals surface area contributed by atoms with Gasteiger partial charge in [-0.2, -0.15) is 4.98 Å². The molecule has 3 aromatic rings. The maximum Gasteiger partial charge on any atom is 0.338 e. The quantitative estimate of drug-likeness (QED) is 0.659. The first-order valence-electron chi connectivity index (χ1n) is 7.36. The van der Waals surface area contributed by atoms with Crippen LogP contribution in [0, 0.1) is 13.8 Å². The van der Waals surface area contributed by atoms with E-state index in [-0.39, 0.29) is 12.5 Å². The summed E-state index contributed by atoms with van der Waals surface area (Å²) in [5.41, 5.74) is 3.13. The van der Waals surface area contributed by atoms with Gasteiger partial charge in [-0.25, -0.2) is 4.79 Å². The predicted molar refractivity (Wildman–Crippen MR) is 89.8 cm³/mol. The Morgan fingerprint density at radius 2 is 2.00 bits per heavy atom. The molecule has 24 heavy (non-hydrogen) atoms. The molecule has 0 aliphatic rings. The third-order valence-electron chi connectivity index (χ3n) is 3.51. The molecule has 0 radical (unpaired) electrons. The molecule has 0 N–H and O–H groups in total. The van der Waals surface area contributed by atoms with Gasteiger partial charge in [0.05, 0.1) is 10.6 Å². The van der Waals surface area contributed by atoms with Crippen molar-refractivity contribution in [3.8, 4) is 11.4 Å². The van der Waals surface area contributed by atoms with Gasteiger partial charge < -0.3 is 9.26 Å². The number of hydrogen-bond acceptors (Lipinski definition) is 5. The molecular formula is C18H15ClN2O3. The number of halogens is 1. The summed E-state index contributed by atoms with van der Waals surface area (Å²) < 4.78 is 10.4. The number of carbonyl (C=O) groups is 1. The van der Waals surface area contributed by atoms with Gasteiger partial charge in [-0.3, -0.25) is 0 Å². The molecule has 1 aromatic heterocycles. The monoisotopic (exact) mass is 342 g/mol. The first-order valence-corrected chi connectivity index (χ1v) is 7.74.